The average molecular weight is 267 g/mol. The van der Waals surface area contributed by atoms with Crippen LogP contribution in [0, 0.1) is 0 Å². The Bertz CT molecular complexity index is 438. The van der Waals surface area contributed by atoms with Crippen molar-refractivity contribution in [3.63, 3.8) is 0 Å². The van der Waals surface area contributed by atoms with Crippen molar-refractivity contribution in [3.05, 3.63) is 35.9 Å². The number of alkyl halides is 1. The van der Waals surface area contributed by atoms with Gasteiger partial charge in [0.05, 0.1) is 12.6 Å². The Labute approximate surface area is 111 Å². The molecule has 1 amide bonds. The Morgan fingerprint density at radius 3 is 2.79 bits per heavy atom. The van der Waals surface area contributed by atoms with Crippen molar-refractivity contribution in [2.45, 2.75) is 31.7 Å². The zero-order valence-electron chi connectivity index (χ0n) is 10.9. The number of aliphatic hydroxyl groups excluding tert-OH is 1. The Hall–Kier alpha value is -1.62. The minimum Gasteiger partial charge on any atom is -0.445 e. The van der Waals surface area contributed by atoms with Crippen LogP contribution >= 0.6 is 0 Å². The smallest absolute Gasteiger partial charge is 0.410 e. The third-order valence-electron chi connectivity index (χ3n) is 3.46. The second kappa shape index (κ2) is 5.57. The van der Waals surface area contributed by atoms with Gasteiger partial charge in [0.15, 0.2) is 5.67 Å². The topological polar surface area (TPSA) is 49.8 Å². The highest BCUT2D eigenvalue weighted by molar-refractivity contribution is 5.68. The summed E-state index contributed by atoms with van der Waals surface area (Å²) in [6.07, 6.45) is -1.48. The van der Waals surface area contributed by atoms with E-state index >= 15 is 0 Å². The molecule has 1 aromatic rings. The lowest BCUT2D eigenvalue weighted by molar-refractivity contribution is 0.00904. The molecular formula is C14H18FNO3. The first kappa shape index (κ1) is 13.8. The van der Waals surface area contributed by atoms with E-state index in [1.54, 1.807) is 0 Å². The van der Waals surface area contributed by atoms with Crippen molar-refractivity contribution in [1.29, 1.82) is 0 Å². The van der Waals surface area contributed by atoms with Crippen LogP contribution in [0.5, 0.6) is 0 Å². The molecule has 104 valence electrons. The lowest BCUT2D eigenvalue weighted by Gasteiger charge is -2.23. The van der Waals surface area contributed by atoms with Crippen molar-refractivity contribution in [3.8, 4) is 0 Å². The van der Waals surface area contributed by atoms with Crippen LogP contribution in [0.3, 0.4) is 0 Å². The molecule has 1 saturated heterocycles. The number of rotatable bonds is 3. The van der Waals surface area contributed by atoms with E-state index in [2.05, 4.69) is 0 Å². The van der Waals surface area contributed by atoms with Gasteiger partial charge < -0.3 is 14.7 Å². The molecule has 0 aromatic heterocycles. The number of carbonyl (C=O) groups excluding carboxylic acids is 1. The first-order valence-corrected chi connectivity index (χ1v) is 6.34. The third kappa shape index (κ3) is 3.23. The molecule has 5 heteroatoms. The third-order valence-corrected chi connectivity index (χ3v) is 3.46. The highest BCUT2D eigenvalue weighted by Crippen LogP contribution is 2.29. The van der Waals surface area contributed by atoms with Gasteiger partial charge in [0.2, 0.25) is 0 Å². The number of nitrogens with zero attached hydrogens (tertiary/aromatic N) is 1. The van der Waals surface area contributed by atoms with Gasteiger partial charge in [0.1, 0.15) is 6.61 Å². The van der Waals surface area contributed by atoms with Gasteiger partial charge in [0, 0.05) is 13.0 Å². The summed E-state index contributed by atoms with van der Waals surface area (Å²) in [5.74, 6) is 0. The number of likely N-dealkylation sites (tertiary alicyclic amines) is 1. The Balaban J connectivity index is 1.85. The summed E-state index contributed by atoms with van der Waals surface area (Å²) in [5, 5.41) is 9.37. The number of ether oxygens (including phenoxy) is 1. The molecule has 0 aliphatic carbocycles. The van der Waals surface area contributed by atoms with Gasteiger partial charge in [-0.3, -0.25) is 0 Å². The summed E-state index contributed by atoms with van der Waals surface area (Å²) < 4.78 is 19.2. The van der Waals surface area contributed by atoms with E-state index < -0.39 is 17.9 Å². The molecule has 4 nitrogen and oxygen atoms in total. The van der Waals surface area contributed by atoms with Crippen molar-refractivity contribution in [1.82, 2.24) is 4.90 Å². The van der Waals surface area contributed by atoms with Crippen molar-refractivity contribution in [2.75, 3.05) is 13.1 Å². The zero-order chi connectivity index (χ0) is 13.9. The summed E-state index contributed by atoms with van der Waals surface area (Å²) >= 11 is 0. The van der Waals surface area contributed by atoms with Crippen LogP contribution in [-0.4, -0.2) is 41.0 Å². The van der Waals surface area contributed by atoms with Crippen LogP contribution in [-0.2, 0) is 11.3 Å². The van der Waals surface area contributed by atoms with Gasteiger partial charge in [-0.25, -0.2) is 9.18 Å². The van der Waals surface area contributed by atoms with E-state index in [0.717, 1.165) is 5.56 Å². The maximum atomic E-state index is 14.1. The molecule has 1 heterocycles. The summed E-state index contributed by atoms with van der Waals surface area (Å²) in [7, 11) is 0. The van der Waals surface area contributed by atoms with E-state index in [-0.39, 0.29) is 26.1 Å². The fourth-order valence-electron chi connectivity index (χ4n) is 2.10. The van der Waals surface area contributed by atoms with Crippen molar-refractivity contribution < 1.29 is 19.0 Å². The van der Waals surface area contributed by atoms with Crippen LogP contribution in [0.25, 0.3) is 0 Å². The normalized spacial score (nSPS) is 24.3. The minimum atomic E-state index is -1.72. The lowest BCUT2D eigenvalue weighted by atomic mass is 10.00. The van der Waals surface area contributed by atoms with Gasteiger partial charge in [0.25, 0.3) is 0 Å². The summed E-state index contributed by atoms with van der Waals surface area (Å²) in [5.41, 5.74) is -0.830. The second-order valence-corrected chi connectivity index (χ2v) is 4.92. The molecule has 1 N–H and O–H groups in total. The van der Waals surface area contributed by atoms with Gasteiger partial charge in [-0.05, 0) is 12.5 Å². The number of hydrogen-bond acceptors (Lipinski definition) is 3. The number of aliphatic hydroxyl groups is 1. The van der Waals surface area contributed by atoms with Gasteiger partial charge in [-0.15, -0.1) is 0 Å². The highest BCUT2D eigenvalue weighted by atomic mass is 19.1. The summed E-state index contributed by atoms with van der Waals surface area (Å²) in [6, 6.07) is 9.31. The number of halogens is 1. The maximum Gasteiger partial charge on any atom is 0.410 e. The van der Waals surface area contributed by atoms with E-state index in [9.17, 15) is 14.3 Å². The fraction of sp³-hybridized carbons (Fsp3) is 0.500. The SMILES string of the molecule is C[C@@H](O)[C@]1(F)CCN(C(=O)OCc2ccccc2)C1. The summed E-state index contributed by atoms with van der Waals surface area (Å²) in [4.78, 5) is 13.1. The Morgan fingerprint density at radius 2 is 2.21 bits per heavy atom. The van der Waals surface area contributed by atoms with Gasteiger partial charge in [-0.1, -0.05) is 30.3 Å². The first-order chi connectivity index (χ1) is 9.01. The summed E-state index contributed by atoms with van der Waals surface area (Å²) in [6.45, 7) is 1.73. The molecule has 1 aliphatic heterocycles. The molecule has 0 radical (unpaired) electrons. The molecule has 2 atom stereocenters. The number of amides is 1. The molecule has 0 spiro atoms. The van der Waals surface area contributed by atoms with E-state index in [0.29, 0.717) is 0 Å². The zero-order valence-corrected chi connectivity index (χ0v) is 10.9. The largest absolute Gasteiger partial charge is 0.445 e. The van der Waals surface area contributed by atoms with E-state index in [1.165, 1.54) is 11.8 Å². The lowest BCUT2D eigenvalue weighted by Crippen LogP contribution is -2.40. The van der Waals surface area contributed by atoms with Crippen LogP contribution < -0.4 is 0 Å². The number of carbonyl (C=O) groups is 1. The molecule has 2 rings (SSSR count). The molecule has 1 aromatic carbocycles. The highest BCUT2D eigenvalue weighted by Gasteiger charge is 2.44. The Morgan fingerprint density at radius 1 is 1.53 bits per heavy atom. The van der Waals surface area contributed by atoms with Crippen molar-refractivity contribution in [2.24, 2.45) is 0 Å². The second-order valence-electron chi connectivity index (χ2n) is 4.92. The number of benzene rings is 1. The molecule has 19 heavy (non-hydrogen) atoms. The first-order valence-electron chi connectivity index (χ1n) is 6.34. The van der Waals surface area contributed by atoms with Gasteiger partial charge in [-0.2, -0.15) is 0 Å². The van der Waals surface area contributed by atoms with Crippen LogP contribution in [0.15, 0.2) is 30.3 Å². The molecule has 1 fully saturated rings. The van der Waals surface area contributed by atoms with Crippen molar-refractivity contribution >= 4 is 6.09 Å². The Kier molecular flexibility index (Phi) is 4.04. The van der Waals surface area contributed by atoms with Crippen LogP contribution in [0.2, 0.25) is 0 Å². The maximum absolute atomic E-state index is 14.1. The molecule has 0 unspecified atom stereocenters. The number of hydrogen-bond donors (Lipinski definition) is 1. The molecule has 1 aliphatic rings. The predicted molar refractivity (Wildman–Crippen MR) is 68.3 cm³/mol. The monoisotopic (exact) mass is 267 g/mol. The van der Waals surface area contributed by atoms with E-state index in [1.807, 2.05) is 30.3 Å². The van der Waals surface area contributed by atoms with Crippen LogP contribution in [0.4, 0.5) is 9.18 Å². The standard InChI is InChI=1S/C14H18FNO3/c1-11(17)14(15)7-8-16(10-14)13(18)19-9-12-5-3-2-4-6-12/h2-6,11,17H,7-10H2,1H3/t11-,14+/m1/s1. The van der Waals surface area contributed by atoms with Gasteiger partial charge >= 0.3 is 6.09 Å². The van der Waals surface area contributed by atoms with Crippen LogP contribution in [0.1, 0.15) is 18.9 Å². The molecular weight excluding hydrogens is 249 g/mol. The average Bonchev–Trinajstić information content (AvgIpc) is 2.81. The fourth-order valence-corrected chi connectivity index (χ4v) is 2.10. The quantitative estimate of drug-likeness (QED) is 0.912. The minimum absolute atomic E-state index is 0.113. The molecule has 0 saturated carbocycles. The van der Waals surface area contributed by atoms with E-state index in [4.69, 9.17) is 4.74 Å². The molecule has 0 bridgehead atoms. The predicted octanol–water partition coefficient (Wildman–Crippen LogP) is 2.12.